The number of halogens is 2. The molecule has 2 nitrogen and oxygen atoms in total. The van der Waals surface area contributed by atoms with Crippen molar-refractivity contribution in [3.05, 3.63) is 99.5 Å². The molecule has 0 aromatic heterocycles. The maximum absolute atomic E-state index is 9.44. The van der Waals surface area contributed by atoms with Gasteiger partial charge in [-0.3, -0.25) is 0 Å². The number of rotatable bonds is 5. The number of allylic oxidation sites excluding steroid dienone is 1. The summed E-state index contributed by atoms with van der Waals surface area (Å²) in [5, 5.41) is 10.6. The van der Waals surface area contributed by atoms with E-state index in [0.717, 1.165) is 16.7 Å². The minimum atomic E-state index is 0.448. The Labute approximate surface area is 162 Å². The molecule has 0 atom stereocenters. The molecule has 0 saturated carbocycles. The van der Waals surface area contributed by atoms with Gasteiger partial charge in [-0.05, 0) is 47.0 Å². The molecule has 0 radical (unpaired) electrons. The fraction of sp³-hybridized carbons (Fsp3) is 0.0455. The lowest BCUT2D eigenvalue weighted by atomic mass is 10.0. The standard InChI is InChI=1S/C22H15Cl2NO/c23-20-9-7-18(8-10-20)19(14-25)12-17-6-11-22(21(24)13-17)26-15-16-4-2-1-3-5-16/h1-13H,15H2/b19-12+. The maximum atomic E-state index is 9.44. The third kappa shape index (κ3) is 4.67. The van der Waals surface area contributed by atoms with Crippen LogP contribution >= 0.6 is 23.2 Å². The topological polar surface area (TPSA) is 33.0 Å². The zero-order chi connectivity index (χ0) is 18.4. The largest absolute Gasteiger partial charge is 0.487 e. The summed E-state index contributed by atoms with van der Waals surface area (Å²) < 4.78 is 5.77. The first-order valence-corrected chi connectivity index (χ1v) is 8.75. The molecule has 128 valence electrons. The molecule has 0 saturated heterocycles. The second kappa shape index (κ2) is 8.58. The molecular weight excluding hydrogens is 365 g/mol. The summed E-state index contributed by atoms with van der Waals surface area (Å²) in [7, 11) is 0. The summed E-state index contributed by atoms with van der Waals surface area (Å²) in [6.45, 7) is 0.448. The van der Waals surface area contributed by atoms with E-state index >= 15 is 0 Å². The highest BCUT2D eigenvalue weighted by atomic mass is 35.5. The van der Waals surface area contributed by atoms with E-state index in [1.807, 2.05) is 54.6 Å². The number of benzene rings is 3. The lowest BCUT2D eigenvalue weighted by Crippen LogP contribution is -1.95. The molecule has 0 bridgehead atoms. The third-order valence-corrected chi connectivity index (χ3v) is 4.33. The Kier molecular flexibility index (Phi) is 5.96. The van der Waals surface area contributed by atoms with Crippen LogP contribution in [0.2, 0.25) is 10.0 Å². The average molecular weight is 380 g/mol. The van der Waals surface area contributed by atoms with Crippen molar-refractivity contribution >= 4 is 34.9 Å². The highest BCUT2D eigenvalue weighted by Crippen LogP contribution is 2.28. The van der Waals surface area contributed by atoms with Crippen LogP contribution in [0.3, 0.4) is 0 Å². The van der Waals surface area contributed by atoms with E-state index in [-0.39, 0.29) is 0 Å². The molecule has 4 heteroatoms. The molecule has 0 amide bonds. The van der Waals surface area contributed by atoms with Gasteiger partial charge >= 0.3 is 0 Å². The summed E-state index contributed by atoms with van der Waals surface area (Å²) in [4.78, 5) is 0. The zero-order valence-corrected chi connectivity index (χ0v) is 15.3. The van der Waals surface area contributed by atoms with E-state index < -0.39 is 0 Å². The first-order chi connectivity index (χ1) is 12.7. The normalized spacial score (nSPS) is 11.0. The van der Waals surface area contributed by atoms with Crippen LogP contribution in [0.4, 0.5) is 0 Å². The van der Waals surface area contributed by atoms with E-state index in [1.54, 1.807) is 24.3 Å². The van der Waals surface area contributed by atoms with Gasteiger partial charge in [0.2, 0.25) is 0 Å². The van der Waals surface area contributed by atoms with Crippen LogP contribution in [-0.2, 0) is 6.61 Å². The Morgan fingerprint density at radius 1 is 0.962 bits per heavy atom. The van der Waals surface area contributed by atoms with Crippen LogP contribution in [0.1, 0.15) is 16.7 Å². The molecule has 0 heterocycles. The van der Waals surface area contributed by atoms with Gasteiger partial charge in [0, 0.05) is 5.02 Å². The Morgan fingerprint density at radius 3 is 2.35 bits per heavy atom. The van der Waals surface area contributed by atoms with Crippen molar-refractivity contribution in [3.8, 4) is 11.8 Å². The quantitative estimate of drug-likeness (QED) is 0.367. The van der Waals surface area contributed by atoms with Gasteiger partial charge in [-0.15, -0.1) is 0 Å². The lowest BCUT2D eigenvalue weighted by Gasteiger charge is -2.09. The van der Waals surface area contributed by atoms with Crippen LogP contribution in [-0.4, -0.2) is 0 Å². The molecule has 3 aromatic carbocycles. The van der Waals surface area contributed by atoms with Gasteiger partial charge in [0.05, 0.1) is 16.7 Å². The summed E-state index contributed by atoms with van der Waals surface area (Å²) in [5.74, 6) is 0.609. The Morgan fingerprint density at radius 2 is 1.69 bits per heavy atom. The summed E-state index contributed by atoms with van der Waals surface area (Å²) in [5.41, 5.74) is 3.24. The van der Waals surface area contributed by atoms with Gasteiger partial charge in [0.15, 0.2) is 0 Å². The van der Waals surface area contributed by atoms with Crippen LogP contribution in [0, 0.1) is 11.3 Å². The highest BCUT2D eigenvalue weighted by Gasteiger charge is 2.05. The van der Waals surface area contributed by atoms with Gasteiger partial charge in [-0.2, -0.15) is 5.26 Å². The molecule has 3 aromatic rings. The van der Waals surface area contributed by atoms with Crippen molar-refractivity contribution in [2.75, 3.05) is 0 Å². The first-order valence-electron chi connectivity index (χ1n) is 8.00. The Balaban J connectivity index is 1.78. The molecule has 0 fully saturated rings. The number of hydrogen-bond donors (Lipinski definition) is 0. The first kappa shape index (κ1) is 18.1. The summed E-state index contributed by atoms with van der Waals surface area (Å²) in [6, 6.07) is 24.7. The minimum Gasteiger partial charge on any atom is -0.487 e. The van der Waals surface area contributed by atoms with Gasteiger partial charge in [-0.1, -0.05) is 71.7 Å². The van der Waals surface area contributed by atoms with Crippen molar-refractivity contribution in [1.29, 1.82) is 5.26 Å². The molecule has 0 aliphatic heterocycles. The van der Waals surface area contributed by atoms with Crippen molar-refractivity contribution in [2.24, 2.45) is 0 Å². The highest BCUT2D eigenvalue weighted by molar-refractivity contribution is 6.32. The molecular formula is C22H15Cl2NO. The average Bonchev–Trinajstić information content (AvgIpc) is 2.67. The Bertz CT molecular complexity index is 958. The number of nitriles is 1. The number of hydrogen-bond acceptors (Lipinski definition) is 2. The van der Waals surface area contributed by atoms with E-state index in [2.05, 4.69) is 6.07 Å². The maximum Gasteiger partial charge on any atom is 0.138 e. The van der Waals surface area contributed by atoms with Gasteiger partial charge in [0.25, 0.3) is 0 Å². The lowest BCUT2D eigenvalue weighted by molar-refractivity contribution is 0.306. The van der Waals surface area contributed by atoms with Crippen LogP contribution in [0.15, 0.2) is 72.8 Å². The van der Waals surface area contributed by atoms with E-state index in [0.29, 0.717) is 28.0 Å². The number of nitrogens with zero attached hydrogens (tertiary/aromatic N) is 1. The van der Waals surface area contributed by atoms with Crippen molar-refractivity contribution < 1.29 is 4.74 Å². The van der Waals surface area contributed by atoms with Gasteiger partial charge in [0.1, 0.15) is 12.4 Å². The van der Waals surface area contributed by atoms with Gasteiger partial charge < -0.3 is 4.74 Å². The van der Waals surface area contributed by atoms with E-state index in [1.165, 1.54) is 0 Å². The molecule has 0 aliphatic carbocycles. The predicted octanol–water partition coefficient (Wildman–Crippen LogP) is 6.64. The van der Waals surface area contributed by atoms with Crippen molar-refractivity contribution in [3.63, 3.8) is 0 Å². The van der Waals surface area contributed by atoms with Gasteiger partial charge in [-0.25, -0.2) is 0 Å². The SMILES string of the molecule is N#C/C(=C\c1ccc(OCc2ccccc2)c(Cl)c1)c1ccc(Cl)cc1. The van der Waals surface area contributed by atoms with E-state index in [4.69, 9.17) is 27.9 Å². The molecule has 0 aliphatic rings. The van der Waals surface area contributed by atoms with Crippen LogP contribution < -0.4 is 4.74 Å². The molecule has 26 heavy (non-hydrogen) atoms. The molecule has 0 unspecified atom stereocenters. The smallest absolute Gasteiger partial charge is 0.138 e. The van der Waals surface area contributed by atoms with Crippen molar-refractivity contribution in [1.82, 2.24) is 0 Å². The second-order valence-electron chi connectivity index (χ2n) is 5.64. The molecule has 0 N–H and O–H groups in total. The van der Waals surface area contributed by atoms with Crippen molar-refractivity contribution in [2.45, 2.75) is 6.61 Å². The summed E-state index contributed by atoms with van der Waals surface area (Å²) in [6.07, 6.45) is 1.79. The molecule has 0 spiro atoms. The summed E-state index contributed by atoms with van der Waals surface area (Å²) >= 11 is 12.2. The second-order valence-corrected chi connectivity index (χ2v) is 6.48. The molecule has 3 rings (SSSR count). The fourth-order valence-electron chi connectivity index (χ4n) is 2.44. The fourth-order valence-corrected chi connectivity index (χ4v) is 2.81. The predicted molar refractivity (Wildman–Crippen MR) is 107 cm³/mol. The third-order valence-electron chi connectivity index (χ3n) is 3.78. The van der Waals surface area contributed by atoms with Crippen LogP contribution in [0.25, 0.3) is 11.6 Å². The Hall–Kier alpha value is -2.73. The zero-order valence-electron chi connectivity index (χ0n) is 13.8. The number of ether oxygens (including phenoxy) is 1. The monoisotopic (exact) mass is 379 g/mol. The minimum absolute atomic E-state index is 0.448. The van der Waals surface area contributed by atoms with Crippen LogP contribution in [0.5, 0.6) is 5.75 Å². The van der Waals surface area contributed by atoms with E-state index in [9.17, 15) is 5.26 Å².